The lowest BCUT2D eigenvalue weighted by atomic mass is 9.40. The molecule has 3 nitrogen and oxygen atoms in total. The van der Waals surface area contributed by atoms with Crippen molar-refractivity contribution < 1.29 is 14.6 Å². The molecule has 4 rings (SSSR count). The average Bonchev–Trinajstić information content (AvgIpc) is 2.24. The van der Waals surface area contributed by atoms with Crippen molar-refractivity contribution in [2.45, 2.75) is 45.4 Å². The van der Waals surface area contributed by atoms with E-state index in [1.165, 1.54) is 13.5 Å². The molecular formula is C14H22O3. The SMILES string of the molecule is COC(=O)C12CC3CC(C)(CC(CO)(C3)C1)C2. The highest BCUT2D eigenvalue weighted by Crippen LogP contribution is 2.69. The zero-order chi connectivity index (χ0) is 12.3. The van der Waals surface area contributed by atoms with Gasteiger partial charge in [-0.3, -0.25) is 4.79 Å². The second-order valence-corrected chi connectivity index (χ2v) is 7.25. The third kappa shape index (κ3) is 1.48. The van der Waals surface area contributed by atoms with Crippen LogP contribution in [0.1, 0.15) is 45.4 Å². The van der Waals surface area contributed by atoms with Gasteiger partial charge in [-0.15, -0.1) is 0 Å². The van der Waals surface area contributed by atoms with Gasteiger partial charge in [0.25, 0.3) is 0 Å². The van der Waals surface area contributed by atoms with E-state index in [0.29, 0.717) is 5.92 Å². The molecule has 4 atom stereocenters. The van der Waals surface area contributed by atoms with Crippen LogP contribution < -0.4 is 0 Å². The first kappa shape index (κ1) is 11.5. The zero-order valence-corrected chi connectivity index (χ0v) is 10.8. The van der Waals surface area contributed by atoms with E-state index in [-0.39, 0.29) is 28.8 Å². The molecule has 4 unspecified atom stereocenters. The Bertz CT molecular complexity index is 366. The summed E-state index contributed by atoms with van der Waals surface area (Å²) in [5.74, 6) is 0.577. The molecule has 3 heteroatoms. The maximum atomic E-state index is 12.2. The summed E-state index contributed by atoms with van der Waals surface area (Å²) in [6, 6.07) is 0. The minimum atomic E-state index is -0.286. The van der Waals surface area contributed by atoms with Crippen LogP contribution in [0.2, 0.25) is 0 Å². The molecule has 4 fully saturated rings. The molecule has 0 aromatic rings. The minimum Gasteiger partial charge on any atom is -0.469 e. The Balaban J connectivity index is 2.01. The molecule has 1 N–H and O–H groups in total. The molecule has 17 heavy (non-hydrogen) atoms. The number of aliphatic hydroxyl groups excluding tert-OH is 1. The van der Waals surface area contributed by atoms with E-state index in [4.69, 9.17) is 4.74 Å². The van der Waals surface area contributed by atoms with Crippen molar-refractivity contribution in [3.63, 3.8) is 0 Å². The number of rotatable bonds is 2. The highest BCUT2D eigenvalue weighted by molar-refractivity contribution is 5.77. The summed E-state index contributed by atoms with van der Waals surface area (Å²) in [5, 5.41) is 9.76. The number of ether oxygens (including phenoxy) is 1. The molecule has 0 amide bonds. The van der Waals surface area contributed by atoms with Crippen LogP contribution in [0.4, 0.5) is 0 Å². The molecule has 0 aromatic carbocycles. The lowest BCUT2D eigenvalue weighted by Crippen LogP contribution is -2.59. The molecule has 0 aliphatic heterocycles. The fourth-order valence-electron chi connectivity index (χ4n) is 5.76. The molecule has 0 radical (unpaired) electrons. The Morgan fingerprint density at radius 3 is 2.65 bits per heavy atom. The number of methoxy groups -OCH3 is 1. The first-order chi connectivity index (χ1) is 7.95. The summed E-state index contributed by atoms with van der Waals surface area (Å²) in [6.07, 6.45) is 6.22. The molecule has 0 spiro atoms. The first-order valence-corrected chi connectivity index (χ1v) is 6.64. The van der Waals surface area contributed by atoms with Crippen LogP contribution in [0.25, 0.3) is 0 Å². The topological polar surface area (TPSA) is 46.5 Å². The fraction of sp³-hybridized carbons (Fsp3) is 0.929. The molecule has 0 heterocycles. The molecule has 0 saturated heterocycles. The summed E-state index contributed by atoms with van der Waals surface area (Å²) in [6.45, 7) is 2.53. The summed E-state index contributed by atoms with van der Waals surface area (Å²) in [7, 11) is 1.49. The van der Waals surface area contributed by atoms with Crippen LogP contribution in [0.15, 0.2) is 0 Å². The van der Waals surface area contributed by atoms with Gasteiger partial charge in [0.1, 0.15) is 0 Å². The summed E-state index contributed by atoms with van der Waals surface area (Å²) in [4.78, 5) is 12.2. The second-order valence-electron chi connectivity index (χ2n) is 7.25. The molecular weight excluding hydrogens is 216 g/mol. The predicted octanol–water partition coefficient (Wildman–Crippen LogP) is 2.13. The maximum Gasteiger partial charge on any atom is 0.311 e. The van der Waals surface area contributed by atoms with Gasteiger partial charge in [0, 0.05) is 6.61 Å². The van der Waals surface area contributed by atoms with Gasteiger partial charge in [-0.2, -0.15) is 0 Å². The van der Waals surface area contributed by atoms with E-state index < -0.39 is 0 Å². The van der Waals surface area contributed by atoms with Crippen molar-refractivity contribution in [3.8, 4) is 0 Å². The fourth-order valence-corrected chi connectivity index (χ4v) is 5.76. The van der Waals surface area contributed by atoms with E-state index >= 15 is 0 Å². The van der Waals surface area contributed by atoms with Crippen LogP contribution in [0, 0.1) is 22.2 Å². The molecule has 4 aliphatic carbocycles. The largest absolute Gasteiger partial charge is 0.469 e. The van der Waals surface area contributed by atoms with Gasteiger partial charge < -0.3 is 9.84 Å². The van der Waals surface area contributed by atoms with Crippen molar-refractivity contribution in [2.75, 3.05) is 13.7 Å². The quantitative estimate of drug-likeness (QED) is 0.750. The highest BCUT2D eigenvalue weighted by Gasteiger charge is 2.64. The van der Waals surface area contributed by atoms with Gasteiger partial charge in [-0.1, -0.05) is 6.92 Å². The average molecular weight is 238 g/mol. The standard InChI is InChI=1S/C14H22O3/c1-12-3-10-4-13(6-12,9-15)8-14(5-10,7-12)11(16)17-2/h10,15H,3-9H2,1-2H3. The van der Waals surface area contributed by atoms with Crippen LogP contribution in [-0.2, 0) is 9.53 Å². The van der Waals surface area contributed by atoms with Gasteiger partial charge in [0.05, 0.1) is 12.5 Å². The minimum absolute atomic E-state index is 0.00234. The Morgan fingerprint density at radius 1 is 1.29 bits per heavy atom. The van der Waals surface area contributed by atoms with E-state index in [1.54, 1.807) is 0 Å². The lowest BCUT2D eigenvalue weighted by molar-refractivity contribution is -0.196. The van der Waals surface area contributed by atoms with E-state index in [1.807, 2.05) is 0 Å². The van der Waals surface area contributed by atoms with Crippen LogP contribution >= 0.6 is 0 Å². The summed E-state index contributed by atoms with van der Waals surface area (Å²) in [5.41, 5.74) is -0.0374. The number of hydrogen-bond acceptors (Lipinski definition) is 3. The van der Waals surface area contributed by atoms with Crippen LogP contribution in [0.5, 0.6) is 0 Å². The monoisotopic (exact) mass is 238 g/mol. The van der Waals surface area contributed by atoms with Gasteiger partial charge in [-0.25, -0.2) is 0 Å². The normalized spacial score (nSPS) is 51.6. The second kappa shape index (κ2) is 3.25. The van der Waals surface area contributed by atoms with E-state index in [9.17, 15) is 9.90 Å². The van der Waals surface area contributed by atoms with E-state index in [0.717, 1.165) is 32.1 Å². The Morgan fingerprint density at radius 2 is 2.06 bits per heavy atom. The van der Waals surface area contributed by atoms with Gasteiger partial charge in [0.2, 0.25) is 0 Å². The molecule has 4 bridgehead atoms. The smallest absolute Gasteiger partial charge is 0.311 e. The van der Waals surface area contributed by atoms with Gasteiger partial charge in [0.15, 0.2) is 0 Å². The Hall–Kier alpha value is -0.570. The van der Waals surface area contributed by atoms with E-state index in [2.05, 4.69) is 6.92 Å². The van der Waals surface area contributed by atoms with Crippen molar-refractivity contribution in [2.24, 2.45) is 22.2 Å². The Kier molecular flexibility index (Phi) is 2.20. The van der Waals surface area contributed by atoms with Crippen molar-refractivity contribution in [1.29, 1.82) is 0 Å². The maximum absolute atomic E-state index is 12.2. The lowest BCUT2D eigenvalue weighted by Gasteiger charge is -2.64. The molecule has 0 aromatic heterocycles. The number of carbonyl (C=O) groups excluding carboxylic acids is 1. The van der Waals surface area contributed by atoms with Gasteiger partial charge in [-0.05, 0) is 55.3 Å². The summed E-state index contributed by atoms with van der Waals surface area (Å²) < 4.78 is 5.05. The molecule has 4 aliphatic rings. The van der Waals surface area contributed by atoms with Gasteiger partial charge >= 0.3 is 5.97 Å². The molecule has 4 saturated carbocycles. The van der Waals surface area contributed by atoms with Crippen molar-refractivity contribution >= 4 is 5.97 Å². The number of esters is 1. The number of aliphatic hydroxyl groups is 1. The third-order valence-electron chi connectivity index (χ3n) is 5.42. The van der Waals surface area contributed by atoms with Crippen molar-refractivity contribution in [3.05, 3.63) is 0 Å². The van der Waals surface area contributed by atoms with Crippen molar-refractivity contribution in [1.82, 2.24) is 0 Å². The molecule has 96 valence electrons. The number of carbonyl (C=O) groups is 1. The zero-order valence-electron chi connectivity index (χ0n) is 10.8. The first-order valence-electron chi connectivity index (χ1n) is 6.64. The Labute approximate surface area is 103 Å². The van der Waals surface area contributed by atoms with Crippen LogP contribution in [0.3, 0.4) is 0 Å². The summed E-state index contributed by atoms with van der Waals surface area (Å²) >= 11 is 0. The number of hydrogen-bond donors (Lipinski definition) is 1. The third-order valence-corrected chi connectivity index (χ3v) is 5.42. The van der Waals surface area contributed by atoms with Crippen LogP contribution in [-0.4, -0.2) is 24.8 Å². The highest BCUT2D eigenvalue weighted by atomic mass is 16.5. The predicted molar refractivity (Wildman–Crippen MR) is 63.3 cm³/mol.